The molecule has 0 aromatic rings. The number of hydrogen-bond donors (Lipinski definition) is 0. The van der Waals surface area contributed by atoms with Crippen LogP contribution in [0, 0.1) is 0 Å². The van der Waals surface area contributed by atoms with Gasteiger partial charge >= 0.3 is 17.9 Å². The number of esters is 3. The van der Waals surface area contributed by atoms with Gasteiger partial charge in [-0.25, -0.2) is 0 Å². The van der Waals surface area contributed by atoms with E-state index in [0.717, 1.165) is 83.5 Å². The molecule has 6 heteroatoms. The zero-order chi connectivity index (χ0) is 57.1. The fraction of sp³-hybridized carbons (Fsp3) is 0.795. The van der Waals surface area contributed by atoms with Gasteiger partial charge in [0.05, 0.1) is 0 Å². The first-order chi connectivity index (χ1) is 39.0. The minimum atomic E-state index is -0.784. The van der Waals surface area contributed by atoms with Crippen molar-refractivity contribution < 1.29 is 28.6 Å². The highest BCUT2D eigenvalue weighted by atomic mass is 16.6. The van der Waals surface area contributed by atoms with Gasteiger partial charge in [-0.3, -0.25) is 14.4 Å². The van der Waals surface area contributed by atoms with Crippen LogP contribution in [0.5, 0.6) is 0 Å². The molecule has 0 aromatic carbocycles. The highest BCUT2D eigenvalue weighted by molar-refractivity contribution is 5.71. The van der Waals surface area contributed by atoms with Crippen LogP contribution in [0.3, 0.4) is 0 Å². The molecule has 0 aliphatic heterocycles. The van der Waals surface area contributed by atoms with Gasteiger partial charge in [0.15, 0.2) is 6.10 Å². The zero-order valence-electron chi connectivity index (χ0n) is 52.6. The van der Waals surface area contributed by atoms with Gasteiger partial charge < -0.3 is 14.2 Å². The SMILES string of the molecule is CCCCCCC/C=C\C/C=C\C/C=C\CCCCCCCCCCCCC(=O)OCC(COC(=O)CCCCCCC/C=C\CCCCCCCC)OC(=O)CCCCCCCCCCC/C=C\C/C=C\CCCCCCC. The zero-order valence-corrected chi connectivity index (χ0v) is 52.6. The molecule has 0 saturated carbocycles. The van der Waals surface area contributed by atoms with Crippen LogP contribution in [-0.4, -0.2) is 37.2 Å². The molecular weight excluding hydrogens is 973 g/mol. The van der Waals surface area contributed by atoms with Crippen LogP contribution in [0.2, 0.25) is 0 Å². The van der Waals surface area contributed by atoms with Crippen LogP contribution in [-0.2, 0) is 28.6 Å². The molecule has 0 heterocycles. The van der Waals surface area contributed by atoms with Gasteiger partial charge in [-0.15, -0.1) is 0 Å². The van der Waals surface area contributed by atoms with Gasteiger partial charge in [-0.05, 0) is 116 Å². The Balaban J connectivity index is 4.34. The fourth-order valence-corrected chi connectivity index (χ4v) is 9.95. The molecule has 0 aliphatic carbocycles. The van der Waals surface area contributed by atoms with Gasteiger partial charge in [0.1, 0.15) is 13.2 Å². The highest BCUT2D eigenvalue weighted by Gasteiger charge is 2.19. The predicted molar refractivity (Wildman–Crippen MR) is 344 cm³/mol. The second kappa shape index (κ2) is 67.4. The van der Waals surface area contributed by atoms with Gasteiger partial charge in [0.25, 0.3) is 0 Å². The number of hydrogen-bond acceptors (Lipinski definition) is 6. The van der Waals surface area contributed by atoms with Crippen LogP contribution >= 0.6 is 0 Å². The number of ether oxygens (including phenoxy) is 3. The van der Waals surface area contributed by atoms with Crippen LogP contribution in [0.15, 0.2) is 72.9 Å². The summed E-state index contributed by atoms with van der Waals surface area (Å²) in [5, 5.41) is 0. The van der Waals surface area contributed by atoms with E-state index in [-0.39, 0.29) is 31.1 Å². The van der Waals surface area contributed by atoms with E-state index in [0.29, 0.717) is 19.3 Å². The molecule has 0 rings (SSSR count). The Morgan fingerprint density at radius 2 is 0.456 bits per heavy atom. The van der Waals surface area contributed by atoms with Crippen LogP contribution in [0.4, 0.5) is 0 Å². The summed E-state index contributed by atoms with van der Waals surface area (Å²) in [7, 11) is 0. The number of allylic oxidation sites excluding steroid dienone is 12. The second-order valence-electron chi connectivity index (χ2n) is 23.1. The molecule has 1 unspecified atom stereocenters. The predicted octanol–water partition coefficient (Wildman–Crippen LogP) is 23.7. The third-order valence-electron chi connectivity index (χ3n) is 15.2. The molecule has 0 aliphatic rings. The van der Waals surface area contributed by atoms with Crippen LogP contribution in [0.1, 0.15) is 355 Å². The molecule has 1 atom stereocenters. The average molecular weight is 1100 g/mol. The van der Waals surface area contributed by atoms with Crippen LogP contribution in [0.25, 0.3) is 0 Å². The number of rotatable bonds is 63. The normalized spacial score (nSPS) is 12.5. The van der Waals surface area contributed by atoms with Crippen molar-refractivity contribution in [3.05, 3.63) is 72.9 Å². The third kappa shape index (κ3) is 65.5. The topological polar surface area (TPSA) is 78.9 Å². The van der Waals surface area contributed by atoms with Gasteiger partial charge in [-0.2, -0.15) is 0 Å². The summed E-state index contributed by atoms with van der Waals surface area (Å²) in [6, 6.07) is 0. The molecule has 0 saturated heterocycles. The van der Waals surface area contributed by atoms with E-state index < -0.39 is 6.10 Å². The molecule has 0 N–H and O–H groups in total. The minimum Gasteiger partial charge on any atom is -0.462 e. The Labute approximate surface area is 491 Å². The summed E-state index contributed by atoms with van der Waals surface area (Å²) < 4.78 is 17.0. The molecular formula is C73H130O6. The molecule has 79 heavy (non-hydrogen) atoms. The smallest absolute Gasteiger partial charge is 0.306 e. The Bertz CT molecular complexity index is 1450. The monoisotopic (exact) mass is 1100 g/mol. The van der Waals surface area contributed by atoms with E-state index in [9.17, 15) is 14.4 Å². The Morgan fingerprint density at radius 1 is 0.253 bits per heavy atom. The van der Waals surface area contributed by atoms with Crippen molar-refractivity contribution in [1.29, 1.82) is 0 Å². The van der Waals surface area contributed by atoms with Crippen molar-refractivity contribution >= 4 is 17.9 Å². The first kappa shape index (κ1) is 75.8. The number of carbonyl (C=O) groups is 3. The Morgan fingerprint density at radius 3 is 0.722 bits per heavy atom. The summed E-state index contributed by atoms with van der Waals surface area (Å²) in [5.74, 6) is -0.878. The van der Waals surface area contributed by atoms with Crippen molar-refractivity contribution in [3.8, 4) is 0 Å². The van der Waals surface area contributed by atoms with Crippen LogP contribution < -0.4 is 0 Å². The second-order valence-corrected chi connectivity index (χ2v) is 23.1. The average Bonchev–Trinajstić information content (AvgIpc) is 3.45. The van der Waals surface area contributed by atoms with Crippen molar-refractivity contribution in [2.45, 2.75) is 361 Å². The maximum atomic E-state index is 12.9. The summed E-state index contributed by atoms with van der Waals surface area (Å²) in [4.78, 5) is 38.4. The molecule has 0 radical (unpaired) electrons. The lowest BCUT2D eigenvalue weighted by molar-refractivity contribution is -0.167. The van der Waals surface area contributed by atoms with Crippen molar-refractivity contribution in [3.63, 3.8) is 0 Å². The maximum Gasteiger partial charge on any atom is 0.306 e. The quantitative estimate of drug-likeness (QED) is 0.0261. The van der Waals surface area contributed by atoms with Gasteiger partial charge in [-0.1, -0.05) is 293 Å². The molecule has 0 amide bonds. The molecule has 458 valence electrons. The first-order valence-corrected chi connectivity index (χ1v) is 34.4. The number of carbonyl (C=O) groups excluding carboxylic acids is 3. The lowest BCUT2D eigenvalue weighted by Gasteiger charge is -2.18. The largest absolute Gasteiger partial charge is 0.462 e. The van der Waals surface area contributed by atoms with E-state index in [1.54, 1.807) is 0 Å². The highest BCUT2D eigenvalue weighted by Crippen LogP contribution is 2.17. The van der Waals surface area contributed by atoms with E-state index in [1.807, 2.05) is 0 Å². The summed E-state index contributed by atoms with van der Waals surface area (Å²) >= 11 is 0. The van der Waals surface area contributed by atoms with E-state index in [1.165, 1.54) is 231 Å². The molecule has 0 spiro atoms. The van der Waals surface area contributed by atoms with Gasteiger partial charge in [0, 0.05) is 19.3 Å². The van der Waals surface area contributed by atoms with Crippen molar-refractivity contribution in [2.24, 2.45) is 0 Å². The third-order valence-corrected chi connectivity index (χ3v) is 15.2. The first-order valence-electron chi connectivity index (χ1n) is 34.4. The molecule has 6 nitrogen and oxygen atoms in total. The Hall–Kier alpha value is -3.15. The maximum absolute atomic E-state index is 12.9. The van der Waals surface area contributed by atoms with E-state index >= 15 is 0 Å². The summed E-state index contributed by atoms with van der Waals surface area (Å²) in [6.45, 7) is 6.65. The van der Waals surface area contributed by atoms with Gasteiger partial charge in [0.2, 0.25) is 0 Å². The summed E-state index contributed by atoms with van der Waals surface area (Å²) in [6.07, 6.45) is 87.7. The molecule has 0 bridgehead atoms. The Kier molecular flexibility index (Phi) is 64.7. The molecule has 0 aromatic heterocycles. The van der Waals surface area contributed by atoms with E-state index in [2.05, 4.69) is 93.7 Å². The van der Waals surface area contributed by atoms with Crippen molar-refractivity contribution in [1.82, 2.24) is 0 Å². The standard InChI is InChI=1S/C73H130O6/c1-4-7-10-13-16-19-22-25-28-30-32-34-35-36-37-39-40-42-45-48-51-54-57-60-63-66-72(75)78-69-70(68-77-71(74)65-62-59-56-53-50-47-44-27-24-21-18-15-12-9-6-3)79-73(76)67-64-61-58-55-52-49-46-43-41-38-33-31-29-26-23-20-17-14-11-8-5-2/h22-23,25-27,30-33,35-36,44,70H,4-21,24,28-29,34,37-43,45-69H2,1-3H3/b25-22-,26-23-,32-30-,33-31-,36-35-,44-27-. The molecule has 0 fully saturated rings. The minimum absolute atomic E-state index is 0.0801. The lowest BCUT2D eigenvalue weighted by Crippen LogP contribution is -2.30. The number of unbranched alkanes of at least 4 members (excludes halogenated alkanes) is 40. The van der Waals surface area contributed by atoms with E-state index in [4.69, 9.17) is 14.2 Å². The lowest BCUT2D eigenvalue weighted by atomic mass is 10.0. The van der Waals surface area contributed by atoms with Crippen molar-refractivity contribution in [2.75, 3.05) is 13.2 Å². The summed E-state index contributed by atoms with van der Waals surface area (Å²) in [5.41, 5.74) is 0. The fourth-order valence-electron chi connectivity index (χ4n) is 9.95.